The predicted octanol–water partition coefficient (Wildman–Crippen LogP) is 2.50. The highest BCUT2D eigenvalue weighted by Gasteiger charge is 2.19. The van der Waals surface area contributed by atoms with Crippen LogP contribution in [-0.4, -0.2) is 64.0 Å². The third kappa shape index (κ3) is 4.79. The number of ketones is 1. The maximum atomic E-state index is 13.3. The Bertz CT molecular complexity index is 1220. The SMILES string of the molecule is C=C(C)/C(=C(/C)N(C)N)c1cc(C(=O)c2nc3ccc(N4CCCNCC4)nc3[nH]2)ccn1. The van der Waals surface area contributed by atoms with Crippen LogP contribution in [-0.2, 0) is 0 Å². The highest BCUT2D eigenvalue weighted by molar-refractivity contribution is 6.08. The smallest absolute Gasteiger partial charge is 0.228 e. The topological polar surface area (TPSA) is 116 Å². The zero-order valence-corrected chi connectivity index (χ0v) is 19.4. The van der Waals surface area contributed by atoms with Crippen molar-refractivity contribution in [1.82, 2.24) is 30.3 Å². The van der Waals surface area contributed by atoms with Gasteiger partial charge in [-0.25, -0.2) is 15.8 Å². The molecule has 33 heavy (non-hydrogen) atoms. The summed E-state index contributed by atoms with van der Waals surface area (Å²) in [6.45, 7) is 11.6. The molecule has 0 bridgehead atoms. The second-order valence-corrected chi connectivity index (χ2v) is 8.32. The molecule has 172 valence electrons. The van der Waals surface area contributed by atoms with E-state index in [1.807, 2.05) is 26.0 Å². The van der Waals surface area contributed by atoms with E-state index in [1.54, 1.807) is 25.4 Å². The van der Waals surface area contributed by atoms with Crippen molar-refractivity contribution >= 4 is 28.3 Å². The predicted molar refractivity (Wildman–Crippen MR) is 131 cm³/mol. The zero-order valence-electron chi connectivity index (χ0n) is 19.4. The van der Waals surface area contributed by atoms with Crippen molar-refractivity contribution in [1.29, 1.82) is 0 Å². The normalized spacial score (nSPS) is 15.2. The van der Waals surface area contributed by atoms with Gasteiger partial charge in [0.05, 0.1) is 5.69 Å². The summed E-state index contributed by atoms with van der Waals surface area (Å²) in [6, 6.07) is 7.29. The van der Waals surface area contributed by atoms with Crippen LogP contribution in [0.25, 0.3) is 16.7 Å². The molecule has 1 aliphatic heterocycles. The van der Waals surface area contributed by atoms with Crippen LogP contribution in [0.15, 0.2) is 48.3 Å². The van der Waals surface area contributed by atoms with Crippen LogP contribution in [0.3, 0.4) is 0 Å². The van der Waals surface area contributed by atoms with Crippen LogP contribution < -0.4 is 16.1 Å². The average Bonchev–Trinajstić information content (AvgIpc) is 3.03. The molecule has 0 radical (unpaired) electrons. The quantitative estimate of drug-likeness (QED) is 0.229. The van der Waals surface area contributed by atoms with Gasteiger partial charge in [0.25, 0.3) is 0 Å². The number of hydrogen-bond acceptors (Lipinski definition) is 8. The Kier molecular flexibility index (Phi) is 6.52. The minimum Gasteiger partial charge on any atom is -0.355 e. The molecular formula is C24H30N8O. The number of carbonyl (C=O) groups is 1. The summed E-state index contributed by atoms with van der Waals surface area (Å²) >= 11 is 0. The van der Waals surface area contributed by atoms with Crippen LogP contribution >= 0.6 is 0 Å². The number of nitrogens with two attached hydrogens (primary N) is 1. The van der Waals surface area contributed by atoms with Gasteiger partial charge in [0.15, 0.2) is 11.5 Å². The van der Waals surface area contributed by atoms with E-state index in [-0.39, 0.29) is 11.6 Å². The Morgan fingerprint density at radius 1 is 1.18 bits per heavy atom. The van der Waals surface area contributed by atoms with Gasteiger partial charge in [0.1, 0.15) is 11.3 Å². The van der Waals surface area contributed by atoms with Crippen LogP contribution in [0.1, 0.15) is 42.1 Å². The second kappa shape index (κ2) is 9.51. The van der Waals surface area contributed by atoms with Crippen LogP contribution in [0.2, 0.25) is 0 Å². The van der Waals surface area contributed by atoms with Crippen LogP contribution in [0, 0.1) is 0 Å². The summed E-state index contributed by atoms with van der Waals surface area (Å²) in [5.74, 6) is 6.84. The molecule has 0 amide bonds. The number of nitrogens with zero attached hydrogens (tertiary/aromatic N) is 5. The number of H-pyrrole nitrogens is 1. The minimum atomic E-state index is -0.225. The van der Waals surface area contributed by atoms with Crippen LogP contribution in [0.4, 0.5) is 5.82 Å². The second-order valence-electron chi connectivity index (χ2n) is 8.32. The standard InChI is InChI=1S/C24H30N8O/c1-15(2)21(16(3)31(4)25)19-14-17(8-10-27-19)22(33)24-28-18-6-7-20(29-23(18)30-24)32-12-5-9-26-11-13-32/h6-8,10,14,26H,1,5,9,11-13,25H2,2-4H3,(H,28,29,30)/b21-16+. The molecule has 9 heteroatoms. The zero-order chi connectivity index (χ0) is 23.5. The van der Waals surface area contributed by atoms with Crippen molar-refractivity contribution < 1.29 is 4.79 Å². The van der Waals surface area contributed by atoms with Crippen molar-refractivity contribution in [2.24, 2.45) is 5.84 Å². The fourth-order valence-electron chi connectivity index (χ4n) is 3.98. The molecule has 4 N–H and O–H groups in total. The van der Waals surface area contributed by atoms with Crippen molar-refractivity contribution in [2.75, 3.05) is 38.1 Å². The lowest BCUT2D eigenvalue weighted by Gasteiger charge is -2.20. The number of carbonyl (C=O) groups excluding carboxylic acids is 1. The largest absolute Gasteiger partial charge is 0.355 e. The van der Waals surface area contributed by atoms with Gasteiger partial charge in [0, 0.05) is 49.7 Å². The molecule has 0 saturated carbocycles. The summed E-state index contributed by atoms with van der Waals surface area (Å²) in [4.78, 5) is 32.3. The molecule has 0 spiro atoms. The van der Waals surface area contributed by atoms with Gasteiger partial charge in [-0.2, -0.15) is 0 Å². The third-order valence-corrected chi connectivity index (χ3v) is 5.80. The van der Waals surface area contributed by atoms with E-state index in [1.165, 1.54) is 5.01 Å². The van der Waals surface area contributed by atoms with E-state index in [9.17, 15) is 4.79 Å². The molecule has 1 fully saturated rings. The number of imidazole rings is 1. The van der Waals surface area contributed by atoms with Crippen LogP contribution in [0.5, 0.6) is 0 Å². The summed E-state index contributed by atoms with van der Waals surface area (Å²) in [7, 11) is 1.76. The Balaban J connectivity index is 1.65. The van der Waals surface area contributed by atoms with Gasteiger partial charge < -0.3 is 20.2 Å². The van der Waals surface area contributed by atoms with Gasteiger partial charge in [-0.05, 0) is 56.7 Å². The first-order valence-electron chi connectivity index (χ1n) is 11.0. The molecule has 1 saturated heterocycles. The summed E-state index contributed by atoms with van der Waals surface area (Å²) in [5.41, 5.74) is 4.80. The number of allylic oxidation sites excluding steroid dienone is 3. The van der Waals surface area contributed by atoms with E-state index in [0.29, 0.717) is 22.4 Å². The lowest BCUT2D eigenvalue weighted by molar-refractivity contribution is 0.103. The van der Waals surface area contributed by atoms with E-state index in [4.69, 9.17) is 10.8 Å². The molecule has 4 rings (SSSR count). The fraction of sp³-hybridized carbons (Fsp3) is 0.333. The Morgan fingerprint density at radius 2 is 2.00 bits per heavy atom. The van der Waals surface area contributed by atoms with Gasteiger partial charge in [-0.1, -0.05) is 6.58 Å². The van der Waals surface area contributed by atoms with Gasteiger partial charge in [-0.3, -0.25) is 9.78 Å². The monoisotopic (exact) mass is 446 g/mol. The molecule has 3 aromatic rings. The summed E-state index contributed by atoms with van der Waals surface area (Å²) in [5, 5.41) is 4.91. The first kappa shape index (κ1) is 22.6. The molecule has 0 aliphatic carbocycles. The van der Waals surface area contributed by atoms with E-state index in [0.717, 1.165) is 55.3 Å². The van der Waals surface area contributed by atoms with E-state index >= 15 is 0 Å². The fourth-order valence-corrected chi connectivity index (χ4v) is 3.98. The number of hydrazine groups is 1. The number of aromatic nitrogens is 4. The Hall–Kier alpha value is -3.56. The summed E-state index contributed by atoms with van der Waals surface area (Å²) in [6.07, 6.45) is 2.68. The lowest BCUT2D eigenvalue weighted by atomic mass is 10.0. The number of aromatic amines is 1. The molecule has 0 aromatic carbocycles. The lowest BCUT2D eigenvalue weighted by Crippen LogP contribution is -2.28. The van der Waals surface area contributed by atoms with Gasteiger partial charge >= 0.3 is 0 Å². The highest BCUT2D eigenvalue weighted by Crippen LogP contribution is 2.26. The molecule has 4 heterocycles. The minimum absolute atomic E-state index is 0.225. The Labute approximate surface area is 193 Å². The van der Waals surface area contributed by atoms with Crippen molar-refractivity contribution in [3.05, 3.63) is 65.4 Å². The maximum absolute atomic E-state index is 13.3. The van der Waals surface area contributed by atoms with Gasteiger partial charge in [0.2, 0.25) is 5.78 Å². The molecule has 9 nitrogen and oxygen atoms in total. The van der Waals surface area contributed by atoms with Crippen molar-refractivity contribution in [2.45, 2.75) is 20.3 Å². The number of nitrogens with one attached hydrogen (secondary N) is 2. The maximum Gasteiger partial charge on any atom is 0.228 e. The van der Waals surface area contributed by atoms with Crippen molar-refractivity contribution in [3.63, 3.8) is 0 Å². The van der Waals surface area contributed by atoms with Crippen molar-refractivity contribution in [3.8, 4) is 0 Å². The van der Waals surface area contributed by atoms with Gasteiger partial charge in [-0.15, -0.1) is 0 Å². The number of anilines is 1. The molecule has 3 aromatic heterocycles. The molecule has 1 aliphatic rings. The summed E-state index contributed by atoms with van der Waals surface area (Å²) < 4.78 is 0. The van der Waals surface area contributed by atoms with E-state index in [2.05, 4.69) is 31.7 Å². The average molecular weight is 447 g/mol. The number of pyridine rings is 2. The molecule has 0 unspecified atom stereocenters. The third-order valence-electron chi connectivity index (χ3n) is 5.80. The van der Waals surface area contributed by atoms with E-state index < -0.39 is 0 Å². The first-order valence-corrected chi connectivity index (χ1v) is 11.0. The number of hydrogen-bond donors (Lipinski definition) is 3. The number of fused-ring (bicyclic) bond motifs is 1. The first-order chi connectivity index (χ1) is 15.8. The highest BCUT2D eigenvalue weighted by atomic mass is 16.1. The number of rotatable bonds is 6. The Morgan fingerprint density at radius 3 is 2.76 bits per heavy atom. The molecular weight excluding hydrogens is 416 g/mol. The molecule has 0 atom stereocenters.